The first-order chi connectivity index (χ1) is 9.05. The third kappa shape index (κ3) is 2.63. The molecule has 1 atom stereocenters. The van der Waals surface area contributed by atoms with Gasteiger partial charge in [-0.05, 0) is 13.3 Å². The van der Waals surface area contributed by atoms with Gasteiger partial charge >= 0.3 is 0 Å². The van der Waals surface area contributed by atoms with Crippen LogP contribution in [0.3, 0.4) is 0 Å². The molecule has 1 unspecified atom stereocenters. The number of carbonyl (C=O) groups excluding carboxylic acids is 2. The number of piperazine rings is 1. The van der Waals surface area contributed by atoms with Gasteiger partial charge in [0.25, 0.3) is 0 Å². The molecule has 0 saturated carbocycles. The maximum Gasteiger partial charge on any atom is 0.249 e. The number of hydrogen-bond donors (Lipinski definition) is 3. The first-order valence-electron chi connectivity index (χ1n) is 5.97. The third-order valence-electron chi connectivity index (χ3n) is 2.91. The van der Waals surface area contributed by atoms with Gasteiger partial charge in [0.05, 0.1) is 6.54 Å². The Morgan fingerprint density at radius 2 is 2.26 bits per heavy atom. The van der Waals surface area contributed by atoms with Crippen LogP contribution in [0.5, 0.6) is 0 Å². The van der Waals surface area contributed by atoms with Crippen LogP contribution in [-0.2, 0) is 9.59 Å². The molecule has 1 saturated heterocycles. The number of nitrogens with zero attached hydrogens (tertiary/aromatic N) is 3. The fraction of sp³-hybridized carbons (Fsp3) is 0.455. The Hall–Kier alpha value is -2.22. The molecule has 19 heavy (non-hydrogen) atoms. The summed E-state index contributed by atoms with van der Waals surface area (Å²) >= 11 is 0. The van der Waals surface area contributed by atoms with Crippen LogP contribution in [0.1, 0.15) is 19.2 Å². The third-order valence-corrected chi connectivity index (χ3v) is 2.91. The summed E-state index contributed by atoms with van der Waals surface area (Å²) in [7, 11) is 0. The highest BCUT2D eigenvalue weighted by Gasteiger charge is 2.33. The number of aryl methyl sites for hydroxylation is 1. The van der Waals surface area contributed by atoms with Crippen LogP contribution < -0.4 is 21.5 Å². The van der Waals surface area contributed by atoms with Crippen LogP contribution in [0, 0.1) is 6.92 Å². The number of amides is 2. The van der Waals surface area contributed by atoms with Gasteiger partial charge in [0.2, 0.25) is 11.8 Å². The van der Waals surface area contributed by atoms with Crippen LogP contribution in [-0.4, -0.2) is 34.4 Å². The number of imide groups is 1. The molecule has 2 rings (SSSR count). The number of anilines is 2. The molecule has 1 aromatic rings. The summed E-state index contributed by atoms with van der Waals surface area (Å²) in [6, 6.07) is 1.19. The van der Waals surface area contributed by atoms with Gasteiger partial charge in [0.1, 0.15) is 23.5 Å². The molecule has 1 aromatic heterocycles. The summed E-state index contributed by atoms with van der Waals surface area (Å²) in [6.07, 6.45) is 0.577. The number of hydrogen-bond acceptors (Lipinski definition) is 7. The highest BCUT2D eigenvalue weighted by molar-refractivity contribution is 6.04. The molecule has 0 bridgehead atoms. The van der Waals surface area contributed by atoms with Crippen molar-refractivity contribution in [2.24, 2.45) is 5.84 Å². The predicted molar refractivity (Wildman–Crippen MR) is 69.2 cm³/mol. The summed E-state index contributed by atoms with van der Waals surface area (Å²) in [5.74, 6) is 6.15. The highest BCUT2D eigenvalue weighted by Crippen LogP contribution is 2.21. The molecule has 4 N–H and O–H groups in total. The van der Waals surface area contributed by atoms with Crippen LogP contribution in [0.15, 0.2) is 6.07 Å². The van der Waals surface area contributed by atoms with Crippen LogP contribution in [0.25, 0.3) is 0 Å². The molecule has 0 aliphatic carbocycles. The minimum absolute atomic E-state index is 0.0880. The molecular weight excluding hydrogens is 248 g/mol. The van der Waals surface area contributed by atoms with Crippen molar-refractivity contribution < 1.29 is 9.59 Å². The second-order valence-corrected chi connectivity index (χ2v) is 4.27. The summed E-state index contributed by atoms with van der Waals surface area (Å²) in [5.41, 5.74) is 2.44. The van der Waals surface area contributed by atoms with E-state index in [1.807, 2.05) is 6.92 Å². The molecule has 1 aliphatic rings. The number of aromatic nitrogens is 2. The largest absolute Gasteiger partial charge is 0.335 e. The van der Waals surface area contributed by atoms with E-state index in [2.05, 4.69) is 20.7 Å². The van der Waals surface area contributed by atoms with Gasteiger partial charge in [-0.15, -0.1) is 0 Å². The van der Waals surface area contributed by atoms with E-state index in [1.54, 1.807) is 17.9 Å². The van der Waals surface area contributed by atoms with Crippen LogP contribution >= 0.6 is 0 Å². The smallest absolute Gasteiger partial charge is 0.249 e. The normalized spacial score (nSPS) is 19.3. The average molecular weight is 264 g/mol. The lowest BCUT2D eigenvalue weighted by atomic mass is 10.1. The van der Waals surface area contributed by atoms with Gasteiger partial charge in [0, 0.05) is 6.07 Å². The van der Waals surface area contributed by atoms with E-state index in [9.17, 15) is 9.59 Å². The quantitative estimate of drug-likeness (QED) is 0.376. The zero-order valence-electron chi connectivity index (χ0n) is 10.8. The Labute approximate surface area is 110 Å². The summed E-state index contributed by atoms with van der Waals surface area (Å²) < 4.78 is 0. The molecule has 2 heterocycles. The number of nitrogens with two attached hydrogens (primary N) is 1. The van der Waals surface area contributed by atoms with Crippen molar-refractivity contribution in [2.75, 3.05) is 16.9 Å². The van der Waals surface area contributed by atoms with E-state index in [0.717, 1.165) is 0 Å². The molecule has 8 nitrogen and oxygen atoms in total. The second kappa shape index (κ2) is 5.19. The second-order valence-electron chi connectivity index (χ2n) is 4.27. The maximum absolute atomic E-state index is 11.8. The maximum atomic E-state index is 11.8. The lowest BCUT2D eigenvalue weighted by molar-refractivity contribution is -0.132. The lowest BCUT2D eigenvalue weighted by Gasteiger charge is -2.34. The average Bonchev–Trinajstić information content (AvgIpc) is 2.37. The van der Waals surface area contributed by atoms with E-state index in [-0.39, 0.29) is 18.4 Å². The number of rotatable bonds is 3. The van der Waals surface area contributed by atoms with Crippen molar-refractivity contribution in [3.05, 3.63) is 11.9 Å². The van der Waals surface area contributed by atoms with Gasteiger partial charge in [0.15, 0.2) is 0 Å². The molecule has 102 valence electrons. The fourth-order valence-electron chi connectivity index (χ4n) is 2.09. The molecule has 0 spiro atoms. The van der Waals surface area contributed by atoms with Crippen molar-refractivity contribution in [3.63, 3.8) is 0 Å². The predicted octanol–water partition coefficient (Wildman–Crippen LogP) is -0.688. The monoisotopic (exact) mass is 264 g/mol. The van der Waals surface area contributed by atoms with Gasteiger partial charge in [-0.2, -0.15) is 0 Å². The number of hydrazine groups is 1. The molecule has 0 radical (unpaired) electrons. The van der Waals surface area contributed by atoms with Crippen LogP contribution in [0.2, 0.25) is 0 Å². The molecule has 1 fully saturated rings. The van der Waals surface area contributed by atoms with E-state index in [4.69, 9.17) is 5.84 Å². The first-order valence-corrected chi connectivity index (χ1v) is 5.97. The lowest BCUT2D eigenvalue weighted by Crippen LogP contribution is -2.58. The van der Waals surface area contributed by atoms with E-state index in [1.165, 1.54) is 0 Å². The zero-order chi connectivity index (χ0) is 14.0. The van der Waals surface area contributed by atoms with Gasteiger partial charge in [-0.1, -0.05) is 6.92 Å². The summed E-state index contributed by atoms with van der Waals surface area (Å²) in [4.78, 5) is 33.3. The van der Waals surface area contributed by atoms with Crippen molar-refractivity contribution in [1.82, 2.24) is 15.3 Å². The topological polar surface area (TPSA) is 113 Å². The van der Waals surface area contributed by atoms with Gasteiger partial charge in [-0.25, -0.2) is 15.8 Å². The minimum Gasteiger partial charge on any atom is -0.335 e. The fourth-order valence-corrected chi connectivity index (χ4v) is 2.09. The van der Waals surface area contributed by atoms with Crippen molar-refractivity contribution in [1.29, 1.82) is 0 Å². The van der Waals surface area contributed by atoms with E-state index < -0.39 is 6.04 Å². The summed E-state index contributed by atoms with van der Waals surface area (Å²) in [6.45, 7) is 3.69. The molecule has 0 aromatic carbocycles. The molecule has 1 aliphatic heterocycles. The zero-order valence-corrected chi connectivity index (χ0v) is 10.8. The Bertz CT molecular complexity index is 518. The SMILES string of the molecule is CCC1C(=O)NC(=O)CN1c1cc(NN)nc(C)n1. The molecular formula is C11H16N6O2. The highest BCUT2D eigenvalue weighted by atomic mass is 16.2. The number of nitrogens with one attached hydrogen (secondary N) is 2. The van der Waals surface area contributed by atoms with Crippen molar-refractivity contribution >= 4 is 23.5 Å². The Balaban J connectivity index is 2.39. The number of nitrogen functional groups attached to an aromatic ring is 1. The molecule has 2 amide bonds. The molecule has 8 heteroatoms. The minimum atomic E-state index is -0.419. The van der Waals surface area contributed by atoms with Crippen molar-refractivity contribution in [3.8, 4) is 0 Å². The Kier molecular flexibility index (Phi) is 3.61. The van der Waals surface area contributed by atoms with Crippen LogP contribution in [0.4, 0.5) is 11.6 Å². The van der Waals surface area contributed by atoms with E-state index >= 15 is 0 Å². The number of carbonyl (C=O) groups is 2. The standard InChI is InChI=1S/C11H16N6O2/c1-3-7-11(19)15-10(18)5-17(7)9-4-8(16-12)13-6(2)14-9/h4,7H,3,5,12H2,1-2H3,(H,13,14,16)(H,15,18,19). The summed E-state index contributed by atoms with van der Waals surface area (Å²) in [5, 5.41) is 2.32. The Morgan fingerprint density at radius 1 is 1.53 bits per heavy atom. The Morgan fingerprint density at radius 3 is 2.89 bits per heavy atom. The van der Waals surface area contributed by atoms with E-state index in [0.29, 0.717) is 23.9 Å². The van der Waals surface area contributed by atoms with Gasteiger partial charge < -0.3 is 10.3 Å². The van der Waals surface area contributed by atoms with Crippen molar-refractivity contribution in [2.45, 2.75) is 26.3 Å². The van der Waals surface area contributed by atoms with Gasteiger partial charge in [-0.3, -0.25) is 14.9 Å². The first kappa shape index (κ1) is 13.2.